The van der Waals surface area contributed by atoms with Crippen molar-refractivity contribution in [1.82, 2.24) is 5.32 Å². The zero-order valence-electron chi connectivity index (χ0n) is 10.4. The van der Waals surface area contributed by atoms with Gasteiger partial charge in [-0.25, -0.2) is 0 Å². The molecule has 0 aliphatic heterocycles. The van der Waals surface area contributed by atoms with Crippen molar-refractivity contribution in [3.05, 3.63) is 35.4 Å². The molecule has 0 aromatic heterocycles. The molecular weight excluding hydrogens is 182 g/mol. The molecule has 84 valence electrons. The van der Waals surface area contributed by atoms with Gasteiger partial charge >= 0.3 is 0 Å². The molecule has 0 aliphatic carbocycles. The van der Waals surface area contributed by atoms with E-state index in [2.05, 4.69) is 57.3 Å². The Morgan fingerprint density at radius 2 is 1.80 bits per heavy atom. The lowest BCUT2D eigenvalue weighted by Crippen LogP contribution is -2.32. The van der Waals surface area contributed by atoms with E-state index >= 15 is 0 Å². The highest BCUT2D eigenvalue weighted by atomic mass is 14.9. The van der Waals surface area contributed by atoms with Crippen LogP contribution in [0.5, 0.6) is 0 Å². The summed E-state index contributed by atoms with van der Waals surface area (Å²) in [6.07, 6.45) is 1.13. The smallest absolute Gasteiger partial charge is 0.00618 e. The van der Waals surface area contributed by atoms with E-state index in [0.29, 0.717) is 12.0 Å². The summed E-state index contributed by atoms with van der Waals surface area (Å²) in [7, 11) is 0. The first-order valence-electron chi connectivity index (χ1n) is 5.89. The summed E-state index contributed by atoms with van der Waals surface area (Å²) in [4.78, 5) is 0. The largest absolute Gasteiger partial charge is 0.314 e. The van der Waals surface area contributed by atoms with Crippen LogP contribution in [0.15, 0.2) is 24.3 Å². The normalized spacial score (nSPS) is 13.1. The molecule has 0 bridgehead atoms. The zero-order chi connectivity index (χ0) is 11.3. The first kappa shape index (κ1) is 12.3. The Balaban J connectivity index is 2.35. The first-order valence-corrected chi connectivity index (χ1v) is 5.89. The lowest BCUT2D eigenvalue weighted by Gasteiger charge is -2.17. The van der Waals surface area contributed by atoms with Crippen LogP contribution in [0.2, 0.25) is 0 Å². The SMILES string of the molecule is Cc1ccccc1CCNC(C)C(C)C. The summed E-state index contributed by atoms with van der Waals surface area (Å²) in [5.74, 6) is 0.710. The van der Waals surface area contributed by atoms with Gasteiger partial charge in [0.1, 0.15) is 0 Å². The summed E-state index contributed by atoms with van der Waals surface area (Å²) < 4.78 is 0. The van der Waals surface area contributed by atoms with Crippen molar-refractivity contribution < 1.29 is 0 Å². The molecule has 0 radical (unpaired) electrons. The molecule has 1 unspecified atom stereocenters. The number of hydrogen-bond donors (Lipinski definition) is 1. The summed E-state index contributed by atoms with van der Waals surface area (Å²) in [6.45, 7) is 10.0. The molecule has 1 rings (SSSR count). The number of benzene rings is 1. The van der Waals surface area contributed by atoms with Gasteiger partial charge in [-0.05, 0) is 43.9 Å². The van der Waals surface area contributed by atoms with Crippen molar-refractivity contribution in [2.45, 2.75) is 40.2 Å². The molecule has 1 aromatic carbocycles. The third-order valence-corrected chi connectivity index (χ3v) is 3.12. The molecular formula is C14H23N. The van der Waals surface area contributed by atoms with Gasteiger partial charge in [-0.2, -0.15) is 0 Å². The van der Waals surface area contributed by atoms with E-state index in [-0.39, 0.29) is 0 Å². The third kappa shape index (κ3) is 4.05. The maximum absolute atomic E-state index is 3.56. The molecule has 0 saturated heterocycles. The zero-order valence-corrected chi connectivity index (χ0v) is 10.4. The Labute approximate surface area is 93.9 Å². The van der Waals surface area contributed by atoms with Crippen LogP contribution in [0, 0.1) is 12.8 Å². The molecule has 0 saturated carbocycles. The standard InChI is InChI=1S/C14H23N/c1-11(2)13(4)15-10-9-14-8-6-5-7-12(14)3/h5-8,11,13,15H,9-10H2,1-4H3. The van der Waals surface area contributed by atoms with Gasteiger partial charge in [0, 0.05) is 6.04 Å². The van der Waals surface area contributed by atoms with Crippen LogP contribution in [0.3, 0.4) is 0 Å². The van der Waals surface area contributed by atoms with Gasteiger partial charge in [-0.3, -0.25) is 0 Å². The predicted octanol–water partition coefficient (Wildman–Crippen LogP) is 3.17. The molecule has 0 spiro atoms. The van der Waals surface area contributed by atoms with Crippen LogP contribution in [0.1, 0.15) is 31.9 Å². The average molecular weight is 205 g/mol. The molecule has 0 amide bonds. The Hall–Kier alpha value is -0.820. The van der Waals surface area contributed by atoms with E-state index in [1.54, 1.807) is 0 Å². The average Bonchev–Trinajstić information content (AvgIpc) is 2.20. The maximum atomic E-state index is 3.56. The summed E-state index contributed by atoms with van der Waals surface area (Å²) in [5.41, 5.74) is 2.86. The Morgan fingerprint density at radius 1 is 1.13 bits per heavy atom. The molecule has 1 nitrogen and oxygen atoms in total. The van der Waals surface area contributed by atoms with Crippen LogP contribution in [-0.2, 0) is 6.42 Å². The van der Waals surface area contributed by atoms with E-state index in [1.165, 1.54) is 11.1 Å². The lowest BCUT2D eigenvalue weighted by atomic mass is 10.0. The molecule has 0 fully saturated rings. The maximum Gasteiger partial charge on any atom is 0.00618 e. The molecule has 0 heterocycles. The van der Waals surface area contributed by atoms with Gasteiger partial charge in [0.05, 0.1) is 0 Å². The van der Waals surface area contributed by atoms with Crippen LogP contribution in [0.25, 0.3) is 0 Å². The van der Waals surface area contributed by atoms with Gasteiger partial charge in [-0.15, -0.1) is 0 Å². The predicted molar refractivity (Wildman–Crippen MR) is 67.2 cm³/mol. The van der Waals surface area contributed by atoms with Crippen molar-refractivity contribution in [3.8, 4) is 0 Å². The number of nitrogens with one attached hydrogen (secondary N) is 1. The molecule has 1 heteroatoms. The summed E-state index contributed by atoms with van der Waals surface area (Å²) >= 11 is 0. The first-order chi connectivity index (χ1) is 7.11. The van der Waals surface area contributed by atoms with E-state index in [4.69, 9.17) is 0 Å². The Kier molecular flexibility index (Phi) is 4.83. The highest BCUT2D eigenvalue weighted by molar-refractivity contribution is 5.25. The quantitative estimate of drug-likeness (QED) is 0.778. The summed E-state index contributed by atoms with van der Waals surface area (Å²) in [6, 6.07) is 9.23. The van der Waals surface area contributed by atoms with Crippen molar-refractivity contribution in [3.63, 3.8) is 0 Å². The highest BCUT2D eigenvalue weighted by Crippen LogP contribution is 2.07. The van der Waals surface area contributed by atoms with Crippen LogP contribution < -0.4 is 5.32 Å². The topological polar surface area (TPSA) is 12.0 Å². The number of rotatable bonds is 5. The second kappa shape index (κ2) is 5.92. The second-order valence-corrected chi connectivity index (χ2v) is 4.66. The van der Waals surface area contributed by atoms with Crippen molar-refractivity contribution >= 4 is 0 Å². The van der Waals surface area contributed by atoms with Gasteiger partial charge in [0.2, 0.25) is 0 Å². The van der Waals surface area contributed by atoms with Crippen molar-refractivity contribution in [2.75, 3.05) is 6.54 Å². The molecule has 15 heavy (non-hydrogen) atoms. The number of hydrogen-bond acceptors (Lipinski definition) is 1. The second-order valence-electron chi connectivity index (χ2n) is 4.66. The van der Waals surface area contributed by atoms with E-state index in [1.807, 2.05) is 0 Å². The van der Waals surface area contributed by atoms with Crippen LogP contribution in [0.4, 0.5) is 0 Å². The van der Waals surface area contributed by atoms with Gasteiger partial charge in [0.15, 0.2) is 0 Å². The Bertz CT molecular complexity index is 291. The fraction of sp³-hybridized carbons (Fsp3) is 0.571. The van der Waals surface area contributed by atoms with E-state index in [0.717, 1.165) is 13.0 Å². The molecule has 1 aromatic rings. The van der Waals surface area contributed by atoms with Crippen molar-refractivity contribution in [2.24, 2.45) is 5.92 Å². The minimum atomic E-state index is 0.606. The minimum Gasteiger partial charge on any atom is -0.314 e. The van der Waals surface area contributed by atoms with Crippen molar-refractivity contribution in [1.29, 1.82) is 0 Å². The van der Waals surface area contributed by atoms with Crippen LogP contribution in [-0.4, -0.2) is 12.6 Å². The van der Waals surface area contributed by atoms with Gasteiger partial charge in [-0.1, -0.05) is 38.1 Å². The number of aryl methyl sites for hydroxylation is 1. The van der Waals surface area contributed by atoms with Gasteiger partial charge < -0.3 is 5.32 Å². The van der Waals surface area contributed by atoms with E-state index in [9.17, 15) is 0 Å². The highest BCUT2D eigenvalue weighted by Gasteiger charge is 2.05. The molecule has 1 atom stereocenters. The lowest BCUT2D eigenvalue weighted by molar-refractivity contribution is 0.430. The minimum absolute atomic E-state index is 0.606. The Morgan fingerprint density at radius 3 is 2.40 bits per heavy atom. The fourth-order valence-corrected chi connectivity index (χ4v) is 1.56. The molecule has 1 N–H and O–H groups in total. The van der Waals surface area contributed by atoms with Crippen LogP contribution >= 0.6 is 0 Å². The third-order valence-electron chi connectivity index (χ3n) is 3.12. The van der Waals surface area contributed by atoms with E-state index < -0.39 is 0 Å². The monoisotopic (exact) mass is 205 g/mol. The fourth-order valence-electron chi connectivity index (χ4n) is 1.56. The van der Waals surface area contributed by atoms with Gasteiger partial charge in [0.25, 0.3) is 0 Å². The summed E-state index contributed by atoms with van der Waals surface area (Å²) in [5, 5.41) is 3.56. The molecule has 0 aliphatic rings.